The molecule has 1 aromatic heterocycles. The van der Waals surface area contributed by atoms with Crippen LogP contribution in [-0.4, -0.2) is 11.0 Å². The molecule has 0 aliphatic carbocycles. The SMILES string of the molecule is O=C(/C=C/c1ccc(-c2cc(Cl)cc(Cl)c2)o1)NC(=S)Nc1cccc(C(F)(F)F)c1. The van der Waals surface area contributed by atoms with E-state index in [9.17, 15) is 18.0 Å². The van der Waals surface area contributed by atoms with Gasteiger partial charge in [-0.15, -0.1) is 0 Å². The Balaban J connectivity index is 1.60. The van der Waals surface area contributed by atoms with Crippen molar-refractivity contribution < 1.29 is 22.4 Å². The molecule has 10 heteroatoms. The fourth-order valence-corrected chi connectivity index (χ4v) is 3.29. The number of nitrogens with one attached hydrogen (secondary N) is 2. The number of alkyl halides is 3. The minimum atomic E-state index is -4.48. The Morgan fingerprint density at radius 2 is 1.74 bits per heavy atom. The van der Waals surface area contributed by atoms with Gasteiger partial charge in [-0.2, -0.15) is 13.2 Å². The number of benzene rings is 2. The van der Waals surface area contributed by atoms with Crippen molar-refractivity contribution in [3.05, 3.63) is 82.0 Å². The molecule has 3 rings (SSSR count). The number of halogens is 5. The van der Waals surface area contributed by atoms with E-state index in [-0.39, 0.29) is 10.8 Å². The second-order valence-corrected chi connectivity index (χ2v) is 7.50. The number of rotatable bonds is 4. The maximum atomic E-state index is 12.8. The molecule has 1 heterocycles. The standard InChI is InChI=1S/C21H13Cl2F3N2O2S/c22-14-8-12(9-15(23)11-14)18-6-4-17(30-18)5-7-19(29)28-20(31)27-16-3-1-2-13(10-16)21(24,25)26/h1-11H,(H2,27,28,29,31)/b7-5+. The van der Waals surface area contributed by atoms with E-state index >= 15 is 0 Å². The van der Waals surface area contributed by atoms with Crippen molar-refractivity contribution in [1.82, 2.24) is 5.32 Å². The first-order valence-corrected chi connectivity index (χ1v) is 9.80. The molecule has 0 spiro atoms. The van der Waals surface area contributed by atoms with Crippen molar-refractivity contribution in [2.45, 2.75) is 6.18 Å². The van der Waals surface area contributed by atoms with Crippen LogP contribution in [0, 0.1) is 0 Å². The zero-order valence-electron chi connectivity index (χ0n) is 15.5. The topological polar surface area (TPSA) is 54.3 Å². The molecule has 160 valence electrons. The Morgan fingerprint density at radius 3 is 2.42 bits per heavy atom. The minimum absolute atomic E-state index is 0.0972. The summed E-state index contributed by atoms with van der Waals surface area (Å²) in [6.45, 7) is 0. The molecule has 0 saturated heterocycles. The molecule has 0 fully saturated rings. The highest BCUT2D eigenvalue weighted by atomic mass is 35.5. The van der Waals surface area contributed by atoms with Gasteiger partial charge < -0.3 is 9.73 Å². The van der Waals surface area contributed by atoms with Crippen LogP contribution in [0.4, 0.5) is 18.9 Å². The van der Waals surface area contributed by atoms with Gasteiger partial charge in [0, 0.05) is 27.4 Å². The fourth-order valence-electron chi connectivity index (χ4n) is 2.54. The van der Waals surface area contributed by atoms with E-state index in [1.807, 2.05) is 0 Å². The van der Waals surface area contributed by atoms with Crippen LogP contribution in [0.15, 0.2) is 65.1 Å². The van der Waals surface area contributed by atoms with Gasteiger partial charge in [0.25, 0.3) is 0 Å². The Morgan fingerprint density at radius 1 is 1.03 bits per heavy atom. The smallest absolute Gasteiger partial charge is 0.416 e. The summed E-state index contributed by atoms with van der Waals surface area (Å²) in [6, 6.07) is 12.8. The van der Waals surface area contributed by atoms with Crippen molar-refractivity contribution in [3.63, 3.8) is 0 Å². The Kier molecular flexibility index (Phi) is 7.04. The van der Waals surface area contributed by atoms with E-state index in [2.05, 4.69) is 10.6 Å². The van der Waals surface area contributed by atoms with Crippen LogP contribution in [0.2, 0.25) is 10.0 Å². The molecule has 0 unspecified atom stereocenters. The van der Waals surface area contributed by atoms with E-state index in [0.29, 0.717) is 27.1 Å². The maximum absolute atomic E-state index is 12.8. The monoisotopic (exact) mass is 484 g/mol. The largest absolute Gasteiger partial charge is 0.457 e. The molecule has 0 bridgehead atoms. The summed E-state index contributed by atoms with van der Waals surface area (Å²) in [7, 11) is 0. The van der Waals surface area contributed by atoms with Gasteiger partial charge in [-0.05, 0) is 66.8 Å². The molecule has 0 atom stereocenters. The van der Waals surface area contributed by atoms with E-state index < -0.39 is 17.6 Å². The number of carbonyl (C=O) groups excluding carboxylic acids is 1. The molecule has 1 amide bonds. The molecule has 0 saturated carbocycles. The summed E-state index contributed by atoms with van der Waals surface area (Å²) >= 11 is 16.9. The van der Waals surface area contributed by atoms with E-state index in [4.69, 9.17) is 39.8 Å². The normalized spacial score (nSPS) is 11.5. The summed E-state index contributed by atoms with van der Waals surface area (Å²) in [5, 5.41) is 5.64. The third-order valence-electron chi connectivity index (χ3n) is 3.86. The third kappa shape index (κ3) is 6.58. The molecule has 31 heavy (non-hydrogen) atoms. The molecular weight excluding hydrogens is 472 g/mol. The summed E-state index contributed by atoms with van der Waals surface area (Å²) in [5.41, 5.74) is -0.0610. The number of amides is 1. The highest BCUT2D eigenvalue weighted by Crippen LogP contribution is 2.31. The number of anilines is 1. The zero-order chi connectivity index (χ0) is 22.6. The van der Waals surface area contributed by atoms with Gasteiger partial charge in [0.1, 0.15) is 11.5 Å². The molecule has 0 radical (unpaired) electrons. The van der Waals surface area contributed by atoms with E-state index in [1.54, 1.807) is 30.3 Å². The molecule has 0 aliphatic heterocycles. The van der Waals surface area contributed by atoms with Crippen LogP contribution in [0.3, 0.4) is 0 Å². The summed E-state index contributed by atoms with van der Waals surface area (Å²) < 4.78 is 43.9. The first-order chi connectivity index (χ1) is 14.6. The predicted molar refractivity (Wildman–Crippen MR) is 119 cm³/mol. The van der Waals surface area contributed by atoms with Crippen molar-refractivity contribution in [1.29, 1.82) is 0 Å². The first kappa shape index (κ1) is 22.9. The molecule has 0 aliphatic rings. The third-order valence-corrected chi connectivity index (χ3v) is 4.50. The van der Waals surface area contributed by atoms with Crippen LogP contribution in [0.5, 0.6) is 0 Å². The number of carbonyl (C=O) groups is 1. The van der Waals surface area contributed by atoms with Crippen molar-refractivity contribution >= 4 is 58.2 Å². The molecule has 2 aromatic carbocycles. The van der Waals surface area contributed by atoms with Gasteiger partial charge in [-0.1, -0.05) is 29.3 Å². The van der Waals surface area contributed by atoms with Crippen molar-refractivity contribution in [3.8, 4) is 11.3 Å². The van der Waals surface area contributed by atoms with Crippen LogP contribution < -0.4 is 10.6 Å². The van der Waals surface area contributed by atoms with E-state index in [1.165, 1.54) is 24.3 Å². The molecule has 3 aromatic rings. The Labute approximate surface area is 190 Å². The van der Waals surface area contributed by atoms with Crippen molar-refractivity contribution in [2.24, 2.45) is 0 Å². The fraction of sp³-hybridized carbons (Fsp3) is 0.0476. The molecule has 2 N–H and O–H groups in total. The lowest BCUT2D eigenvalue weighted by molar-refractivity contribution is -0.137. The number of hydrogen-bond donors (Lipinski definition) is 2. The molecular formula is C21H13Cl2F3N2O2S. The lowest BCUT2D eigenvalue weighted by atomic mass is 10.2. The second-order valence-electron chi connectivity index (χ2n) is 6.22. The Bertz CT molecular complexity index is 1140. The summed E-state index contributed by atoms with van der Waals surface area (Å²) in [5.74, 6) is 0.303. The van der Waals surface area contributed by atoms with Crippen LogP contribution >= 0.6 is 35.4 Å². The van der Waals surface area contributed by atoms with Gasteiger partial charge in [-0.25, -0.2) is 0 Å². The maximum Gasteiger partial charge on any atom is 0.416 e. The highest BCUT2D eigenvalue weighted by molar-refractivity contribution is 7.80. The Hall–Kier alpha value is -2.81. The zero-order valence-corrected chi connectivity index (χ0v) is 17.8. The minimum Gasteiger partial charge on any atom is -0.457 e. The predicted octanol–water partition coefficient (Wildman–Crippen LogP) is 6.80. The van der Waals surface area contributed by atoms with Crippen LogP contribution in [-0.2, 0) is 11.0 Å². The lowest BCUT2D eigenvalue weighted by Crippen LogP contribution is -2.32. The van der Waals surface area contributed by atoms with Gasteiger partial charge in [-0.3, -0.25) is 10.1 Å². The first-order valence-electron chi connectivity index (χ1n) is 8.64. The van der Waals surface area contributed by atoms with Gasteiger partial charge in [0.15, 0.2) is 5.11 Å². The number of furan rings is 1. The molecule has 4 nitrogen and oxygen atoms in total. The van der Waals surface area contributed by atoms with Crippen LogP contribution in [0.25, 0.3) is 17.4 Å². The van der Waals surface area contributed by atoms with Gasteiger partial charge in [0.05, 0.1) is 5.56 Å². The lowest BCUT2D eigenvalue weighted by Gasteiger charge is -2.11. The highest BCUT2D eigenvalue weighted by Gasteiger charge is 2.30. The van der Waals surface area contributed by atoms with E-state index in [0.717, 1.165) is 12.1 Å². The average molecular weight is 485 g/mol. The number of thiocarbonyl (C=S) groups is 1. The average Bonchev–Trinajstić information content (AvgIpc) is 3.14. The number of hydrogen-bond acceptors (Lipinski definition) is 3. The van der Waals surface area contributed by atoms with Gasteiger partial charge >= 0.3 is 6.18 Å². The van der Waals surface area contributed by atoms with Crippen molar-refractivity contribution in [2.75, 3.05) is 5.32 Å². The summed E-state index contributed by atoms with van der Waals surface area (Å²) in [4.78, 5) is 12.0. The quantitative estimate of drug-likeness (QED) is 0.315. The van der Waals surface area contributed by atoms with Gasteiger partial charge in [0.2, 0.25) is 5.91 Å². The second kappa shape index (κ2) is 9.55. The van der Waals surface area contributed by atoms with Crippen LogP contribution in [0.1, 0.15) is 11.3 Å². The summed E-state index contributed by atoms with van der Waals surface area (Å²) in [6.07, 6.45) is -1.89.